The van der Waals surface area contributed by atoms with Crippen LogP contribution in [0.2, 0.25) is 0 Å². The zero-order chi connectivity index (χ0) is 13.8. The Morgan fingerprint density at radius 1 is 1.11 bits per heavy atom. The van der Waals surface area contributed by atoms with Crippen LogP contribution in [0.15, 0.2) is 23.8 Å². The van der Waals surface area contributed by atoms with E-state index in [9.17, 15) is 0 Å². The third-order valence-electron chi connectivity index (χ3n) is 3.96. The van der Waals surface area contributed by atoms with Gasteiger partial charge in [0.05, 0.1) is 0 Å². The first-order valence-corrected chi connectivity index (χ1v) is 7.74. The molecule has 0 aromatic heterocycles. The van der Waals surface area contributed by atoms with Crippen molar-refractivity contribution in [2.45, 2.75) is 47.0 Å². The highest BCUT2D eigenvalue weighted by molar-refractivity contribution is 5.67. The molecule has 0 amide bonds. The molecule has 1 aromatic carbocycles. The van der Waals surface area contributed by atoms with Crippen LogP contribution >= 0.6 is 0 Å². The Labute approximate surface area is 118 Å². The van der Waals surface area contributed by atoms with Gasteiger partial charge in [0.1, 0.15) is 0 Å². The van der Waals surface area contributed by atoms with Gasteiger partial charge in [0.2, 0.25) is 0 Å². The van der Waals surface area contributed by atoms with Gasteiger partial charge >= 0.3 is 0 Å². The maximum absolute atomic E-state index is 2.52. The Morgan fingerprint density at radius 3 is 2.37 bits per heavy atom. The van der Waals surface area contributed by atoms with Crippen LogP contribution in [0.1, 0.15) is 51.7 Å². The van der Waals surface area contributed by atoms with E-state index in [1.807, 2.05) is 0 Å². The summed E-state index contributed by atoms with van der Waals surface area (Å²) in [4.78, 5) is 2.52. The van der Waals surface area contributed by atoms with Crippen LogP contribution in [-0.2, 0) is 6.42 Å². The number of allylic oxidation sites excluding steroid dienone is 1. The number of hydrogen-bond donors (Lipinski definition) is 0. The third-order valence-corrected chi connectivity index (χ3v) is 3.96. The molecule has 1 aliphatic carbocycles. The lowest BCUT2D eigenvalue weighted by Gasteiger charge is -2.24. The summed E-state index contributed by atoms with van der Waals surface area (Å²) in [6, 6.07) is 7.01. The molecule has 1 aromatic rings. The maximum atomic E-state index is 2.52. The summed E-state index contributed by atoms with van der Waals surface area (Å²) in [7, 11) is 0. The van der Waals surface area contributed by atoms with Gasteiger partial charge in [-0.1, -0.05) is 45.4 Å². The van der Waals surface area contributed by atoms with Crippen molar-refractivity contribution < 1.29 is 0 Å². The van der Waals surface area contributed by atoms with Crippen LogP contribution in [0.4, 0.5) is 5.69 Å². The number of hydrogen-bond acceptors (Lipinski definition) is 1. The number of nitrogens with zero attached hydrogens (tertiary/aromatic N) is 1. The zero-order valence-corrected chi connectivity index (χ0v) is 12.9. The Hall–Kier alpha value is -1.24. The first kappa shape index (κ1) is 14.2. The van der Waals surface area contributed by atoms with Crippen molar-refractivity contribution in [1.82, 2.24) is 0 Å². The molecule has 0 heterocycles. The minimum absolute atomic E-state index is 0.665. The Kier molecular flexibility index (Phi) is 4.68. The number of rotatable bonds is 6. The summed E-state index contributed by atoms with van der Waals surface area (Å²) in [6.07, 6.45) is 5.96. The fourth-order valence-corrected chi connectivity index (χ4v) is 2.83. The Morgan fingerprint density at radius 2 is 1.79 bits per heavy atom. The molecule has 2 rings (SSSR count). The molecule has 0 saturated heterocycles. The van der Waals surface area contributed by atoms with E-state index >= 15 is 0 Å². The van der Waals surface area contributed by atoms with Gasteiger partial charge in [0.15, 0.2) is 0 Å². The van der Waals surface area contributed by atoms with Gasteiger partial charge in [0, 0.05) is 18.8 Å². The van der Waals surface area contributed by atoms with Crippen LogP contribution in [-0.4, -0.2) is 13.1 Å². The lowest BCUT2D eigenvalue weighted by Crippen LogP contribution is -2.24. The van der Waals surface area contributed by atoms with Crippen LogP contribution in [0, 0.1) is 5.92 Å². The molecule has 104 valence electrons. The van der Waals surface area contributed by atoms with Crippen molar-refractivity contribution in [2.75, 3.05) is 18.0 Å². The maximum Gasteiger partial charge on any atom is 0.0369 e. The Bertz CT molecular complexity index is 451. The molecule has 0 bridgehead atoms. The average Bonchev–Trinajstić information content (AvgIpc) is 2.81. The van der Waals surface area contributed by atoms with Crippen LogP contribution < -0.4 is 4.90 Å². The van der Waals surface area contributed by atoms with Crippen molar-refractivity contribution in [2.24, 2.45) is 5.92 Å². The van der Waals surface area contributed by atoms with Crippen LogP contribution in [0.5, 0.6) is 0 Å². The Balaban J connectivity index is 2.19. The average molecular weight is 257 g/mol. The summed E-state index contributed by atoms with van der Waals surface area (Å²) >= 11 is 0. The van der Waals surface area contributed by atoms with Crippen LogP contribution in [0.25, 0.3) is 6.08 Å². The quantitative estimate of drug-likeness (QED) is 0.700. The number of benzene rings is 1. The molecule has 0 spiro atoms. The molecule has 0 radical (unpaired) electrons. The summed E-state index contributed by atoms with van der Waals surface area (Å²) < 4.78 is 0. The van der Waals surface area contributed by atoms with Gasteiger partial charge in [-0.15, -0.1) is 0 Å². The lowest BCUT2D eigenvalue weighted by atomic mass is 10.0. The van der Waals surface area contributed by atoms with E-state index in [1.165, 1.54) is 29.7 Å². The molecule has 1 aliphatic rings. The smallest absolute Gasteiger partial charge is 0.0369 e. The molecule has 0 N–H and O–H groups in total. The second-order valence-electron chi connectivity index (χ2n) is 5.92. The highest BCUT2D eigenvalue weighted by atomic mass is 15.1. The normalized spacial score (nSPS) is 13.6. The highest BCUT2D eigenvalue weighted by Crippen LogP contribution is 2.32. The summed E-state index contributed by atoms with van der Waals surface area (Å²) in [6.45, 7) is 11.4. The van der Waals surface area contributed by atoms with Gasteiger partial charge in [-0.2, -0.15) is 0 Å². The van der Waals surface area contributed by atoms with Gasteiger partial charge in [-0.25, -0.2) is 0 Å². The second kappa shape index (κ2) is 6.27. The predicted octanol–water partition coefficient (Wildman–Crippen LogP) is 4.91. The van der Waals surface area contributed by atoms with Crippen LogP contribution in [0.3, 0.4) is 0 Å². The molecule has 0 atom stereocenters. The van der Waals surface area contributed by atoms with E-state index in [4.69, 9.17) is 0 Å². The van der Waals surface area contributed by atoms with E-state index in [-0.39, 0.29) is 0 Å². The molecule has 0 aliphatic heterocycles. The molecular formula is C18H27N. The van der Waals surface area contributed by atoms with Crippen molar-refractivity contribution >= 4 is 11.8 Å². The second-order valence-corrected chi connectivity index (χ2v) is 5.92. The fraction of sp³-hybridized carbons (Fsp3) is 0.556. The first-order chi connectivity index (χ1) is 9.15. The van der Waals surface area contributed by atoms with Gasteiger partial charge in [-0.05, 0) is 48.4 Å². The minimum atomic E-state index is 0.665. The summed E-state index contributed by atoms with van der Waals surface area (Å²) in [5.74, 6) is 0.665. The van der Waals surface area contributed by atoms with Crippen molar-refractivity contribution in [3.8, 4) is 0 Å². The molecule has 1 nitrogen and oxygen atoms in total. The molecule has 0 saturated carbocycles. The van der Waals surface area contributed by atoms with Gasteiger partial charge in [0.25, 0.3) is 0 Å². The van der Waals surface area contributed by atoms with Crippen molar-refractivity contribution in [3.05, 3.63) is 34.9 Å². The predicted molar refractivity (Wildman–Crippen MR) is 85.8 cm³/mol. The molecule has 0 unspecified atom stereocenters. The molecular weight excluding hydrogens is 230 g/mol. The van der Waals surface area contributed by atoms with E-state index in [1.54, 1.807) is 5.57 Å². The van der Waals surface area contributed by atoms with Gasteiger partial charge < -0.3 is 4.90 Å². The minimum Gasteiger partial charge on any atom is -0.372 e. The molecule has 1 heteroatoms. The monoisotopic (exact) mass is 257 g/mol. The summed E-state index contributed by atoms with van der Waals surface area (Å²) in [5, 5.41) is 0. The third kappa shape index (κ3) is 3.20. The first-order valence-electron chi connectivity index (χ1n) is 7.74. The van der Waals surface area contributed by atoms with Crippen molar-refractivity contribution in [3.63, 3.8) is 0 Å². The van der Waals surface area contributed by atoms with Crippen molar-refractivity contribution in [1.29, 1.82) is 0 Å². The number of anilines is 1. The lowest BCUT2D eigenvalue weighted by molar-refractivity contribution is 0.742. The largest absolute Gasteiger partial charge is 0.372 e. The summed E-state index contributed by atoms with van der Waals surface area (Å²) in [5.41, 5.74) is 5.92. The molecule has 19 heavy (non-hydrogen) atoms. The van der Waals surface area contributed by atoms with E-state index < -0.39 is 0 Å². The van der Waals surface area contributed by atoms with E-state index in [0.29, 0.717) is 5.92 Å². The topological polar surface area (TPSA) is 3.24 Å². The SMILES string of the molecule is CCCN(CCC)c1ccc2c(c1)CC(C(C)C)=C2. The van der Waals surface area contributed by atoms with E-state index in [0.717, 1.165) is 19.5 Å². The number of fused-ring (bicyclic) bond motifs is 1. The van der Waals surface area contributed by atoms with Gasteiger partial charge in [-0.3, -0.25) is 0 Å². The van der Waals surface area contributed by atoms with E-state index in [2.05, 4.69) is 56.9 Å². The standard InChI is InChI=1S/C18H27N/c1-5-9-19(10-6-2)18-8-7-15-11-16(14(3)4)12-17(15)13-18/h7-8,11,13-14H,5-6,9-10,12H2,1-4H3. The highest BCUT2D eigenvalue weighted by Gasteiger charge is 2.16. The molecule has 0 fully saturated rings. The fourth-order valence-electron chi connectivity index (χ4n) is 2.83. The zero-order valence-electron chi connectivity index (χ0n) is 12.9.